The molecule has 0 fully saturated rings. The topological polar surface area (TPSA) is 38.1 Å². The minimum atomic E-state index is 0.479. The van der Waals surface area contributed by atoms with E-state index in [1.54, 1.807) is 6.26 Å². The minimum Gasteiger partial charge on any atom is -0.464 e. The summed E-state index contributed by atoms with van der Waals surface area (Å²) in [5.41, 5.74) is 2.19. The number of hydrogen-bond acceptors (Lipinski definition) is 3. The first-order valence-corrected chi connectivity index (χ1v) is 5.47. The predicted octanol–water partition coefficient (Wildman–Crippen LogP) is 2.84. The van der Waals surface area contributed by atoms with Gasteiger partial charge in [0.1, 0.15) is 5.76 Å². The first-order chi connectivity index (χ1) is 7.75. The number of nitrogens with one attached hydrogen (secondary N) is 1. The molecule has 16 heavy (non-hydrogen) atoms. The zero-order valence-corrected chi connectivity index (χ0v) is 9.60. The lowest BCUT2D eigenvalue weighted by molar-refractivity contribution is 0.579. The second-order valence-electron chi connectivity index (χ2n) is 4.09. The molecule has 0 aliphatic rings. The molecule has 0 radical (unpaired) electrons. The highest BCUT2D eigenvalue weighted by Crippen LogP contribution is 2.19. The van der Waals surface area contributed by atoms with E-state index in [1.807, 2.05) is 24.5 Å². The van der Waals surface area contributed by atoms with E-state index in [0.717, 1.165) is 17.9 Å². The Bertz CT molecular complexity index is 435. The van der Waals surface area contributed by atoms with Crippen molar-refractivity contribution in [3.63, 3.8) is 0 Å². The monoisotopic (exact) mass is 216 g/mol. The summed E-state index contributed by atoms with van der Waals surface area (Å²) in [6, 6.07) is 6.40. The summed E-state index contributed by atoms with van der Waals surface area (Å²) in [5.74, 6) is 0.860. The zero-order valence-electron chi connectivity index (χ0n) is 9.60. The molecule has 2 aromatic heterocycles. The smallest absolute Gasteiger partial charge is 0.135 e. The third-order valence-corrected chi connectivity index (χ3v) is 2.32. The number of furan rings is 1. The number of rotatable bonds is 4. The average Bonchev–Trinajstić information content (AvgIpc) is 2.80. The van der Waals surface area contributed by atoms with Crippen LogP contribution in [0.5, 0.6) is 0 Å². The summed E-state index contributed by atoms with van der Waals surface area (Å²) >= 11 is 0. The van der Waals surface area contributed by atoms with Crippen LogP contribution in [0.2, 0.25) is 0 Å². The van der Waals surface area contributed by atoms with E-state index in [1.165, 1.54) is 5.56 Å². The van der Waals surface area contributed by atoms with Gasteiger partial charge in [0.15, 0.2) is 0 Å². The number of nitrogens with zero attached hydrogens (tertiary/aromatic N) is 1. The Hall–Kier alpha value is -1.61. The Morgan fingerprint density at radius 2 is 2.25 bits per heavy atom. The van der Waals surface area contributed by atoms with Crippen molar-refractivity contribution in [2.24, 2.45) is 0 Å². The zero-order chi connectivity index (χ0) is 11.4. The van der Waals surface area contributed by atoms with Crippen molar-refractivity contribution in [3.8, 4) is 11.3 Å². The van der Waals surface area contributed by atoms with E-state index in [-0.39, 0.29) is 0 Å². The predicted molar refractivity (Wildman–Crippen MR) is 63.9 cm³/mol. The summed E-state index contributed by atoms with van der Waals surface area (Å²) in [7, 11) is 0. The molecular formula is C13H16N2O. The molecule has 2 aromatic rings. The van der Waals surface area contributed by atoms with E-state index in [9.17, 15) is 0 Å². The quantitative estimate of drug-likeness (QED) is 0.854. The molecule has 0 spiro atoms. The third kappa shape index (κ3) is 2.70. The highest BCUT2D eigenvalue weighted by molar-refractivity contribution is 5.56. The van der Waals surface area contributed by atoms with Gasteiger partial charge in [-0.2, -0.15) is 0 Å². The normalized spacial score (nSPS) is 10.9. The van der Waals surface area contributed by atoms with Gasteiger partial charge in [-0.1, -0.05) is 13.8 Å². The van der Waals surface area contributed by atoms with E-state index in [0.29, 0.717) is 6.04 Å². The number of aromatic nitrogens is 1. The van der Waals surface area contributed by atoms with Crippen LogP contribution in [0, 0.1) is 0 Å². The molecule has 0 aromatic carbocycles. The van der Waals surface area contributed by atoms with Crippen LogP contribution < -0.4 is 5.32 Å². The van der Waals surface area contributed by atoms with Crippen LogP contribution in [-0.4, -0.2) is 11.0 Å². The molecule has 3 nitrogen and oxygen atoms in total. The molecule has 0 saturated carbocycles. The van der Waals surface area contributed by atoms with Crippen molar-refractivity contribution in [2.75, 3.05) is 0 Å². The molecule has 0 saturated heterocycles. The van der Waals surface area contributed by atoms with Crippen LogP contribution in [0.15, 0.2) is 41.3 Å². The molecule has 0 aliphatic heterocycles. The maximum Gasteiger partial charge on any atom is 0.135 e. The Balaban J connectivity index is 2.14. The van der Waals surface area contributed by atoms with Crippen LogP contribution in [0.4, 0.5) is 0 Å². The van der Waals surface area contributed by atoms with E-state index in [2.05, 4.69) is 30.2 Å². The minimum absolute atomic E-state index is 0.479. The van der Waals surface area contributed by atoms with Gasteiger partial charge in [0, 0.05) is 30.5 Å². The van der Waals surface area contributed by atoms with Gasteiger partial charge in [-0.15, -0.1) is 0 Å². The molecule has 0 atom stereocenters. The SMILES string of the molecule is CC(C)NCc1cncc(-c2ccco2)c1. The van der Waals surface area contributed by atoms with Crippen molar-refractivity contribution in [1.29, 1.82) is 0 Å². The van der Waals surface area contributed by atoms with E-state index in [4.69, 9.17) is 4.42 Å². The summed E-state index contributed by atoms with van der Waals surface area (Å²) in [5, 5.41) is 3.36. The molecule has 0 bridgehead atoms. The number of pyridine rings is 1. The van der Waals surface area contributed by atoms with Crippen LogP contribution in [-0.2, 0) is 6.54 Å². The first kappa shape index (κ1) is 10.9. The summed E-state index contributed by atoms with van der Waals surface area (Å²) < 4.78 is 5.34. The molecule has 2 heterocycles. The molecule has 0 unspecified atom stereocenters. The van der Waals surface area contributed by atoms with Crippen LogP contribution in [0.3, 0.4) is 0 Å². The van der Waals surface area contributed by atoms with Gasteiger partial charge in [0.05, 0.1) is 6.26 Å². The van der Waals surface area contributed by atoms with E-state index < -0.39 is 0 Å². The van der Waals surface area contributed by atoms with Crippen LogP contribution in [0.25, 0.3) is 11.3 Å². The van der Waals surface area contributed by atoms with Gasteiger partial charge in [0.25, 0.3) is 0 Å². The van der Waals surface area contributed by atoms with Gasteiger partial charge in [-0.3, -0.25) is 4.98 Å². The largest absolute Gasteiger partial charge is 0.464 e. The van der Waals surface area contributed by atoms with Crippen molar-refractivity contribution < 1.29 is 4.42 Å². The van der Waals surface area contributed by atoms with Crippen molar-refractivity contribution in [1.82, 2.24) is 10.3 Å². The first-order valence-electron chi connectivity index (χ1n) is 5.47. The van der Waals surface area contributed by atoms with Crippen molar-refractivity contribution >= 4 is 0 Å². The van der Waals surface area contributed by atoms with Crippen LogP contribution in [0.1, 0.15) is 19.4 Å². The third-order valence-electron chi connectivity index (χ3n) is 2.32. The van der Waals surface area contributed by atoms with Gasteiger partial charge < -0.3 is 9.73 Å². The fraction of sp³-hybridized carbons (Fsp3) is 0.308. The fourth-order valence-corrected chi connectivity index (χ4v) is 1.48. The highest BCUT2D eigenvalue weighted by atomic mass is 16.3. The fourth-order valence-electron chi connectivity index (χ4n) is 1.48. The Morgan fingerprint density at radius 3 is 2.94 bits per heavy atom. The summed E-state index contributed by atoms with van der Waals surface area (Å²) in [6.07, 6.45) is 5.37. The Kier molecular flexibility index (Phi) is 3.37. The lowest BCUT2D eigenvalue weighted by Gasteiger charge is -2.08. The maximum absolute atomic E-state index is 5.34. The van der Waals surface area contributed by atoms with Gasteiger partial charge in [-0.25, -0.2) is 0 Å². The standard InChI is InChI=1S/C13H16N2O/c1-10(2)15-8-11-6-12(9-14-7-11)13-4-3-5-16-13/h3-7,9-10,15H,8H2,1-2H3. The summed E-state index contributed by atoms with van der Waals surface area (Å²) in [4.78, 5) is 4.22. The molecular weight excluding hydrogens is 200 g/mol. The molecule has 0 aliphatic carbocycles. The summed E-state index contributed by atoms with van der Waals surface area (Å²) in [6.45, 7) is 5.09. The lowest BCUT2D eigenvalue weighted by Crippen LogP contribution is -2.21. The van der Waals surface area contributed by atoms with Gasteiger partial charge in [0.2, 0.25) is 0 Å². The molecule has 1 N–H and O–H groups in total. The van der Waals surface area contributed by atoms with E-state index >= 15 is 0 Å². The second-order valence-corrected chi connectivity index (χ2v) is 4.09. The molecule has 2 rings (SSSR count). The lowest BCUT2D eigenvalue weighted by atomic mass is 10.1. The molecule has 84 valence electrons. The van der Waals surface area contributed by atoms with Crippen molar-refractivity contribution in [2.45, 2.75) is 26.4 Å². The Labute approximate surface area is 95.5 Å². The second kappa shape index (κ2) is 4.94. The number of hydrogen-bond donors (Lipinski definition) is 1. The Morgan fingerprint density at radius 1 is 1.38 bits per heavy atom. The molecule has 3 heteroatoms. The average molecular weight is 216 g/mol. The van der Waals surface area contributed by atoms with Gasteiger partial charge in [-0.05, 0) is 23.8 Å². The van der Waals surface area contributed by atoms with Gasteiger partial charge >= 0.3 is 0 Å². The van der Waals surface area contributed by atoms with Crippen molar-refractivity contribution in [3.05, 3.63) is 42.4 Å². The maximum atomic E-state index is 5.34. The molecule has 0 amide bonds. The van der Waals surface area contributed by atoms with Crippen LogP contribution >= 0.6 is 0 Å². The highest BCUT2D eigenvalue weighted by Gasteiger charge is 2.02.